The van der Waals surface area contributed by atoms with Crippen LogP contribution in [0.3, 0.4) is 0 Å². The second-order valence-electron chi connectivity index (χ2n) is 3.93. The lowest BCUT2D eigenvalue weighted by atomic mass is 10.2. The first-order chi connectivity index (χ1) is 8.54. The Labute approximate surface area is 106 Å². The van der Waals surface area contributed by atoms with Gasteiger partial charge in [0.1, 0.15) is 0 Å². The Hall–Kier alpha value is -1.95. The van der Waals surface area contributed by atoms with Crippen LogP contribution in [0.25, 0.3) is 0 Å². The number of rotatable bonds is 4. The van der Waals surface area contributed by atoms with Gasteiger partial charge in [0, 0.05) is 19.3 Å². The molecule has 0 saturated carbocycles. The van der Waals surface area contributed by atoms with Crippen LogP contribution in [-0.4, -0.2) is 30.0 Å². The molecule has 1 unspecified atom stereocenters. The van der Waals surface area contributed by atoms with Crippen molar-refractivity contribution in [1.29, 1.82) is 0 Å². The minimum Gasteiger partial charge on any atom is -0.341 e. The van der Waals surface area contributed by atoms with Crippen molar-refractivity contribution >= 4 is 11.9 Å². The van der Waals surface area contributed by atoms with E-state index in [2.05, 4.69) is 20.9 Å². The van der Waals surface area contributed by atoms with E-state index in [0.717, 1.165) is 5.69 Å². The van der Waals surface area contributed by atoms with Crippen molar-refractivity contribution < 1.29 is 9.59 Å². The summed E-state index contributed by atoms with van der Waals surface area (Å²) in [7, 11) is 1.46. The zero-order chi connectivity index (χ0) is 13.5. The van der Waals surface area contributed by atoms with Gasteiger partial charge >= 0.3 is 6.03 Å². The van der Waals surface area contributed by atoms with Crippen LogP contribution in [0.5, 0.6) is 0 Å². The number of nitrogens with zero attached hydrogens (tertiary/aromatic N) is 1. The molecule has 6 heteroatoms. The monoisotopic (exact) mass is 250 g/mol. The van der Waals surface area contributed by atoms with Gasteiger partial charge in [0.25, 0.3) is 0 Å². The maximum absolute atomic E-state index is 11.6. The summed E-state index contributed by atoms with van der Waals surface area (Å²) in [6, 6.07) is 4.52. The highest BCUT2D eigenvalue weighted by atomic mass is 16.2. The van der Waals surface area contributed by atoms with Crippen molar-refractivity contribution in [3.8, 4) is 0 Å². The zero-order valence-corrected chi connectivity index (χ0v) is 10.7. The normalized spacial score (nSPS) is 13.5. The first-order valence-electron chi connectivity index (χ1n) is 5.74. The number of amides is 3. The Kier molecular flexibility index (Phi) is 5.26. The van der Waals surface area contributed by atoms with E-state index in [0.29, 0.717) is 0 Å². The third kappa shape index (κ3) is 4.14. The molecular weight excluding hydrogens is 232 g/mol. The molecule has 1 heterocycles. The molecule has 3 amide bonds. The van der Waals surface area contributed by atoms with Crippen LogP contribution >= 0.6 is 0 Å². The lowest BCUT2D eigenvalue weighted by Crippen LogP contribution is -2.47. The Morgan fingerprint density at radius 2 is 2.00 bits per heavy atom. The molecule has 0 aromatic carbocycles. The van der Waals surface area contributed by atoms with Gasteiger partial charge in [-0.15, -0.1) is 0 Å². The van der Waals surface area contributed by atoms with E-state index in [-0.39, 0.29) is 11.9 Å². The van der Waals surface area contributed by atoms with Crippen LogP contribution in [-0.2, 0) is 4.79 Å². The van der Waals surface area contributed by atoms with Gasteiger partial charge in [0.05, 0.1) is 11.7 Å². The molecule has 1 aromatic heterocycles. The highest BCUT2D eigenvalue weighted by molar-refractivity contribution is 5.96. The summed E-state index contributed by atoms with van der Waals surface area (Å²) >= 11 is 0. The number of imide groups is 1. The quantitative estimate of drug-likeness (QED) is 0.730. The predicted octanol–water partition coefficient (Wildman–Crippen LogP) is 0.576. The van der Waals surface area contributed by atoms with Crippen LogP contribution in [0, 0.1) is 0 Å². The molecule has 98 valence electrons. The third-order valence-corrected chi connectivity index (χ3v) is 2.49. The fourth-order valence-electron chi connectivity index (χ4n) is 1.45. The second kappa shape index (κ2) is 6.70. The topological polar surface area (TPSA) is 83.1 Å². The fraction of sp³-hybridized carbons (Fsp3) is 0.417. The second-order valence-corrected chi connectivity index (χ2v) is 3.93. The Morgan fingerprint density at radius 1 is 1.28 bits per heavy atom. The summed E-state index contributed by atoms with van der Waals surface area (Å²) in [5.41, 5.74) is 0.845. The van der Waals surface area contributed by atoms with E-state index in [4.69, 9.17) is 0 Å². The van der Waals surface area contributed by atoms with Gasteiger partial charge in [0.2, 0.25) is 5.91 Å². The molecule has 0 fully saturated rings. The summed E-state index contributed by atoms with van der Waals surface area (Å²) in [6.07, 6.45) is 1.70. The van der Waals surface area contributed by atoms with Crippen LogP contribution in [0.4, 0.5) is 4.79 Å². The van der Waals surface area contributed by atoms with Crippen LogP contribution in [0.15, 0.2) is 24.4 Å². The van der Waals surface area contributed by atoms with E-state index in [9.17, 15) is 9.59 Å². The minimum absolute atomic E-state index is 0.0726. The lowest BCUT2D eigenvalue weighted by Gasteiger charge is -2.18. The number of aromatic nitrogens is 1. The summed E-state index contributed by atoms with van der Waals surface area (Å²) in [5, 5.41) is 7.61. The maximum Gasteiger partial charge on any atom is 0.321 e. The van der Waals surface area contributed by atoms with E-state index >= 15 is 0 Å². The summed E-state index contributed by atoms with van der Waals surface area (Å²) in [4.78, 5) is 26.8. The largest absolute Gasteiger partial charge is 0.341 e. The van der Waals surface area contributed by atoms with Gasteiger partial charge in [-0.25, -0.2) is 4.79 Å². The molecule has 6 nitrogen and oxygen atoms in total. The molecule has 0 bridgehead atoms. The van der Waals surface area contributed by atoms with Crippen LogP contribution in [0.2, 0.25) is 0 Å². The summed E-state index contributed by atoms with van der Waals surface area (Å²) in [6.45, 7) is 3.60. The molecular formula is C12H18N4O2. The zero-order valence-electron chi connectivity index (χ0n) is 10.7. The summed E-state index contributed by atoms with van der Waals surface area (Å²) in [5.74, 6) is -0.378. The lowest BCUT2D eigenvalue weighted by molar-refractivity contribution is -0.121. The third-order valence-electron chi connectivity index (χ3n) is 2.49. The molecule has 1 aromatic rings. The molecule has 0 aliphatic heterocycles. The molecule has 2 atom stereocenters. The van der Waals surface area contributed by atoms with Crippen molar-refractivity contribution in [2.75, 3.05) is 7.05 Å². The van der Waals surface area contributed by atoms with Gasteiger partial charge in [0.15, 0.2) is 0 Å². The summed E-state index contributed by atoms with van der Waals surface area (Å²) < 4.78 is 0. The number of urea groups is 1. The first-order valence-corrected chi connectivity index (χ1v) is 5.74. The van der Waals surface area contributed by atoms with Gasteiger partial charge < -0.3 is 5.32 Å². The van der Waals surface area contributed by atoms with Gasteiger partial charge in [-0.05, 0) is 26.0 Å². The number of hydrogen-bond acceptors (Lipinski definition) is 4. The molecule has 18 heavy (non-hydrogen) atoms. The number of pyridine rings is 1. The van der Waals surface area contributed by atoms with Crippen molar-refractivity contribution in [1.82, 2.24) is 20.9 Å². The highest BCUT2D eigenvalue weighted by Crippen LogP contribution is 2.08. The molecule has 3 N–H and O–H groups in total. The minimum atomic E-state index is -0.515. The Morgan fingerprint density at radius 3 is 2.56 bits per heavy atom. The van der Waals surface area contributed by atoms with E-state index in [1.54, 1.807) is 13.1 Å². The van der Waals surface area contributed by atoms with Crippen molar-refractivity contribution in [2.24, 2.45) is 0 Å². The average molecular weight is 250 g/mol. The molecule has 0 spiro atoms. The van der Waals surface area contributed by atoms with Gasteiger partial charge in [-0.1, -0.05) is 6.07 Å². The molecule has 0 saturated heterocycles. The Bertz CT molecular complexity index is 408. The average Bonchev–Trinajstić information content (AvgIpc) is 2.39. The maximum atomic E-state index is 11.6. The molecule has 0 radical (unpaired) electrons. The first kappa shape index (κ1) is 14.1. The van der Waals surface area contributed by atoms with Crippen molar-refractivity contribution in [3.63, 3.8) is 0 Å². The number of carbonyl (C=O) groups is 2. The van der Waals surface area contributed by atoms with Gasteiger partial charge in [-0.3, -0.25) is 20.4 Å². The highest BCUT2D eigenvalue weighted by Gasteiger charge is 2.18. The number of hydrogen-bond donors (Lipinski definition) is 3. The smallest absolute Gasteiger partial charge is 0.321 e. The predicted molar refractivity (Wildman–Crippen MR) is 67.8 cm³/mol. The standard InChI is InChI=1S/C12H18N4O2/c1-8(10-6-4-5-7-14-10)15-9(2)11(17)16-12(18)13-3/h4-9,15H,1-3H3,(H2,13,16,17,18)/t8-,9?/m0/s1. The molecule has 0 aliphatic carbocycles. The van der Waals surface area contributed by atoms with E-state index < -0.39 is 12.1 Å². The number of nitrogens with one attached hydrogen (secondary N) is 3. The van der Waals surface area contributed by atoms with Gasteiger partial charge in [-0.2, -0.15) is 0 Å². The molecule has 0 aliphatic rings. The fourth-order valence-corrected chi connectivity index (χ4v) is 1.45. The van der Waals surface area contributed by atoms with Crippen LogP contribution < -0.4 is 16.0 Å². The van der Waals surface area contributed by atoms with Crippen LogP contribution in [0.1, 0.15) is 25.6 Å². The molecule has 1 rings (SSSR count). The SMILES string of the molecule is CNC(=O)NC(=O)C(C)N[C@@H](C)c1ccccn1. The number of carbonyl (C=O) groups excluding carboxylic acids is 2. The van der Waals surface area contributed by atoms with Crippen molar-refractivity contribution in [3.05, 3.63) is 30.1 Å². The van der Waals surface area contributed by atoms with E-state index in [1.807, 2.05) is 25.1 Å². The Balaban J connectivity index is 2.52. The van der Waals surface area contributed by atoms with E-state index in [1.165, 1.54) is 7.05 Å². The van der Waals surface area contributed by atoms with Crippen molar-refractivity contribution in [2.45, 2.75) is 25.9 Å².